The van der Waals surface area contributed by atoms with Crippen molar-refractivity contribution >= 4 is 11.6 Å². The highest BCUT2D eigenvalue weighted by Gasteiger charge is 2.30. The monoisotopic (exact) mass is 275 g/mol. The van der Waals surface area contributed by atoms with E-state index in [0.29, 0.717) is 11.3 Å². The van der Waals surface area contributed by atoms with Gasteiger partial charge in [0, 0.05) is 24.3 Å². The van der Waals surface area contributed by atoms with Crippen LogP contribution in [0, 0.1) is 11.3 Å². The fraction of sp³-hybridized carbons (Fsp3) is 0.562. The molecule has 1 heterocycles. The average molecular weight is 275 g/mol. The summed E-state index contributed by atoms with van der Waals surface area (Å²) in [4.78, 5) is 14.4. The molecule has 0 aliphatic carbocycles. The number of hydrogen-bond donors (Lipinski definition) is 2. The van der Waals surface area contributed by atoms with Crippen molar-refractivity contribution in [1.29, 1.82) is 0 Å². The van der Waals surface area contributed by atoms with Crippen molar-refractivity contribution < 1.29 is 4.79 Å². The average Bonchev–Trinajstić information content (AvgIpc) is 2.46. The molecule has 4 nitrogen and oxygen atoms in total. The van der Waals surface area contributed by atoms with Crippen LogP contribution >= 0.6 is 0 Å². The Morgan fingerprint density at radius 1 is 1.20 bits per heavy atom. The lowest BCUT2D eigenvalue weighted by Gasteiger charge is -2.38. The predicted octanol–water partition coefficient (Wildman–Crippen LogP) is 2.87. The zero-order valence-electron chi connectivity index (χ0n) is 12.6. The van der Waals surface area contributed by atoms with E-state index in [4.69, 9.17) is 5.84 Å². The van der Waals surface area contributed by atoms with Gasteiger partial charge in [-0.1, -0.05) is 20.8 Å². The molecule has 3 N–H and O–H groups in total. The number of rotatable bonds is 2. The third kappa shape index (κ3) is 3.31. The van der Waals surface area contributed by atoms with Gasteiger partial charge in [0.25, 0.3) is 5.91 Å². The number of benzene rings is 1. The van der Waals surface area contributed by atoms with Gasteiger partial charge in [-0.25, -0.2) is 0 Å². The molecule has 1 amide bonds. The standard InChI is InChI=1S/C16H25N3O/c1-16(2,3)13-8-10-19(11-9-13)15(20)12-4-6-14(18-17)7-5-12/h4-7,13,18H,8-11,17H2,1-3H3. The third-order valence-corrected chi connectivity index (χ3v) is 4.31. The Morgan fingerprint density at radius 3 is 2.20 bits per heavy atom. The predicted molar refractivity (Wildman–Crippen MR) is 82.3 cm³/mol. The minimum absolute atomic E-state index is 0.126. The molecule has 20 heavy (non-hydrogen) atoms. The zero-order valence-corrected chi connectivity index (χ0v) is 12.6. The number of piperidine rings is 1. The first-order valence-corrected chi connectivity index (χ1v) is 7.28. The summed E-state index contributed by atoms with van der Waals surface area (Å²) in [6, 6.07) is 7.31. The Bertz CT molecular complexity index is 454. The fourth-order valence-corrected chi connectivity index (χ4v) is 2.84. The summed E-state index contributed by atoms with van der Waals surface area (Å²) in [6.07, 6.45) is 2.19. The molecule has 1 saturated heterocycles. The molecule has 1 aromatic rings. The molecule has 1 aromatic carbocycles. The van der Waals surface area contributed by atoms with Crippen molar-refractivity contribution in [3.63, 3.8) is 0 Å². The van der Waals surface area contributed by atoms with Crippen molar-refractivity contribution in [1.82, 2.24) is 4.90 Å². The topological polar surface area (TPSA) is 58.4 Å². The summed E-state index contributed by atoms with van der Waals surface area (Å²) < 4.78 is 0. The van der Waals surface area contributed by atoms with Crippen LogP contribution in [0.3, 0.4) is 0 Å². The molecule has 4 heteroatoms. The van der Waals surface area contributed by atoms with Crippen LogP contribution in [0.25, 0.3) is 0 Å². The van der Waals surface area contributed by atoms with Crippen LogP contribution < -0.4 is 11.3 Å². The second-order valence-corrected chi connectivity index (χ2v) is 6.65. The molecule has 0 saturated carbocycles. The van der Waals surface area contributed by atoms with Crippen LogP contribution in [-0.2, 0) is 0 Å². The Hall–Kier alpha value is -1.55. The molecule has 0 unspecified atom stereocenters. The van der Waals surface area contributed by atoms with Gasteiger partial charge < -0.3 is 10.3 Å². The van der Waals surface area contributed by atoms with Crippen molar-refractivity contribution in [3.8, 4) is 0 Å². The normalized spacial score (nSPS) is 17.1. The molecule has 0 bridgehead atoms. The summed E-state index contributed by atoms with van der Waals surface area (Å²) in [5, 5.41) is 0. The first kappa shape index (κ1) is 14.9. The number of hydrazine groups is 1. The minimum Gasteiger partial charge on any atom is -0.339 e. The van der Waals surface area contributed by atoms with Gasteiger partial charge in [-0.2, -0.15) is 0 Å². The maximum absolute atomic E-state index is 12.4. The van der Waals surface area contributed by atoms with Crippen LogP contribution in [0.4, 0.5) is 5.69 Å². The minimum atomic E-state index is 0.126. The number of nitrogens with one attached hydrogen (secondary N) is 1. The van der Waals surface area contributed by atoms with Crippen molar-refractivity contribution in [2.45, 2.75) is 33.6 Å². The maximum atomic E-state index is 12.4. The number of hydrogen-bond acceptors (Lipinski definition) is 3. The molecule has 0 atom stereocenters. The number of amides is 1. The summed E-state index contributed by atoms with van der Waals surface area (Å²) in [7, 11) is 0. The van der Waals surface area contributed by atoms with Crippen LogP contribution in [0.1, 0.15) is 44.0 Å². The summed E-state index contributed by atoms with van der Waals surface area (Å²) >= 11 is 0. The Kier molecular flexibility index (Phi) is 4.33. The van der Waals surface area contributed by atoms with Crippen molar-refractivity contribution in [2.75, 3.05) is 18.5 Å². The van der Waals surface area contributed by atoms with E-state index in [9.17, 15) is 4.79 Å². The number of likely N-dealkylation sites (tertiary alicyclic amines) is 1. The van der Waals surface area contributed by atoms with Gasteiger partial charge in [0.05, 0.1) is 0 Å². The van der Waals surface area contributed by atoms with E-state index in [1.54, 1.807) is 0 Å². The first-order chi connectivity index (χ1) is 9.41. The van der Waals surface area contributed by atoms with Gasteiger partial charge >= 0.3 is 0 Å². The van der Waals surface area contributed by atoms with Crippen LogP contribution in [0.2, 0.25) is 0 Å². The van der Waals surface area contributed by atoms with Crippen LogP contribution in [0.5, 0.6) is 0 Å². The fourth-order valence-electron chi connectivity index (χ4n) is 2.84. The van der Waals surface area contributed by atoms with Gasteiger partial charge in [0.15, 0.2) is 0 Å². The maximum Gasteiger partial charge on any atom is 0.253 e. The van der Waals surface area contributed by atoms with E-state index in [0.717, 1.165) is 37.2 Å². The van der Waals surface area contributed by atoms with Gasteiger partial charge in [-0.15, -0.1) is 0 Å². The number of anilines is 1. The summed E-state index contributed by atoms with van der Waals surface area (Å²) in [6.45, 7) is 8.57. The number of carbonyl (C=O) groups is 1. The van der Waals surface area contributed by atoms with E-state index in [2.05, 4.69) is 26.2 Å². The molecular formula is C16H25N3O. The second kappa shape index (κ2) is 5.83. The highest BCUT2D eigenvalue weighted by Crippen LogP contribution is 2.34. The van der Waals surface area contributed by atoms with Crippen LogP contribution in [-0.4, -0.2) is 23.9 Å². The number of carbonyl (C=O) groups excluding carboxylic acids is 1. The van der Waals surface area contributed by atoms with Gasteiger partial charge in [-0.05, 0) is 48.4 Å². The van der Waals surface area contributed by atoms with E-state index in [1.165, 1.54) is 0 Å². The summed E-state index contributed by atoms with van der Waals surface area (Å²) in [5.41, 5.74) is 4.45. The smallest absolute Gasteiger partial charge is 0.253 e. The van der Waals surface area contributed by atoms with E-state index in [-0.39, 0.29) is 5.91 Å². The lowest BCUT2D eigenvalue weighted by atomic mass is 9.75. The Labute approximate surface area is 121 Å². The lowest BCUT2D eigenvalue weighted by molar-refractivity contribution is 0.0609. The highest BCUT2D eigenvalue weighted by atomic mass is 16.2. The molecule has 110 valence electrons. The SMILES string of the molecule is CC(C)(C)C1CCN(C(=O)c2ccc(NN)cc2)CC1. The molecule has 1 aliphatic rings. The summed E-state index contributed by atoms with van der Waals surface area (Å²) in [5.74, 6) is 6.16. The lowest BCUT2D eigenvalue weighted by Crippen LogP contribution is -2.41. The van der Waals surface area contributed by atoms with Gasteiger partial charge in [-0.3, -0.25) is 10.6 Å². The second-order valence-electron chi connectivity index (χ2n) is 6.65. The molecule has 0 radical (unpaired) electrons. The van der Waals surface area contributed by atoms with Gasteiger partial charge in [0.1, 0.15) is 0 Å². The quantitative estimate of drug-likeness (QED) is 0.644. The number of nitrogens with two attached hydrogens (primary N) is 1. The largest absolute Gasteiger partial charge is 0.339 e. The third-order valence-electron chi connectivity index (χ3n) is 4.31. The number of nitrogen functional groups attached to an aromatic ring is 1. The molecule has 2 rings (SSSR count). The molecule has 0 spiro atoms. The molecule has 0 aromatic heterocycles. The Balaban J connectivity index is 1.97. The van der Waals surface area contributed by atoms with E-state index < -0.39 is 0 Å². The Morgan fingerprint density at radius 2 is 1.75 bits per heavy atom. The zero-order chi connectivity index (χ0) is 14.8. The first-order valence-electron chi connectivity index (χ1n) is 7.28. The number of nitrogens with zero attached hydrogens (tertiary/aromatic N) is 1. The van der Waals surface area contributed by atoms with Crippen molar-refractivity contribution in [3.05, 3.63) is 29.8 Å². The van der Waals surface area contributed by atoms with Gasteiger partial charge in [0.2, 0.25) is 0 Å². The molecular weight excluding hydrogens is 250 g/mol. The molecule has 1 aliphatic heterocycles. The van der Waals surface area contributed by atoms with Crippen molar-refractivity contribution in [2.24, 2.45) is 17.2 Å². The molecule has 1 fully saturated rings. The van der Waals surface area contributed by atoms with Crippen LogP contribution in [0.15, 0.2) is 24.3 Å². The van der Waals surface area contributed by atoms with E-state index >= 15 is 0 Å². The van der Waals surface area contributed by atoms with E-state index in [1.807, 2.05) is 29.2 Å². The highest BCUT2D eigenvalue weighted by molar-refractivity contribution is 5.94.